The number of carbonyl (C=O) groups excluding carboxylic acids is 3. The molecule has 0 radical (unpaired) electrons. The van der Waals surface area contributed by atoms with E-state index in [0.29, 0.717) is 20.5 Å². The maximum Gasteiger partial charge on any atom is 0.265 e. The Morgan fingerprint density at radius 3 is 2.41 bits per heavy atom. The van der Waals surface area contributed by atoms with Gasteiger partial charge < -0.3 is 5.32 Å². The van der Waals surface area contributed by atoms with E-state index >= 15 is 0 Å². The molecular formula is C25H23ClN2O3S. The third-order valence-electron chi connectivity index (χ3n) is 5.11. The lowest BCUT2D eigenvalue weighted by molar-refractivity contribution is 0.0642. The normalized spacial score (nSPS) is 13.4. The van der Waals surface area contributed by atoms with Gasteiger partial charge in [-0.05, 0) is 47.2 Å². The summed E-state index contributed by atoms with van der Waals surface area (Å²) in [6.07, 6.45) is 0.895. The minimum absolute atomic E-state index is 0.133. The van der Waals surface area contributed by atoms with Gasteiger partial charge >= 0.3 is 0 Å². The zero-order valence-corrected chi connectivity index (χ0v) is 19.6. The van der Waals surface area contributed by atoms with Gasteiger partial charge in [-0.3, -0.25) is 19.3 Å². The van der Waals surface area contributed by atoms with Gasteiger partial charge in [0, 0.05) is 0 Å². The van der Waals surface area contributed by atoms with Crippen molar-refractivity contribution in [3.63, 3.8) is 0 Å². The number of fused-ring (bicyclic) bond motifs is 1. The molecule has 0 saturated carbocycles. The van der Waals surface area contributed by atoms with Crippen molar-refractivity contribution >= 4 is 46.3 Å². The first-order valence-electron chi connectivity index (χ1n) is 10.3. The van der Waals surface area contributed by atoms with Crippen LogP contribution in [0.3, 0.4) is 0 Å². The van der Waals surface area contributed by atoms with Crippen LogP contribution in [0.5, 0.6) is 0 Å². The highest BCUT2D eigenvalue weighted by molar-refractivity contribution is 7.18. The number of thiophene rings is 1. The van der Waals surface area contributed by atoms with Crippen LogP contribution < -0.4 is 5.32 Å². The smallest absolute Gasteiger partial charge is 0.265 e. The van der Waals surface area contributed by atoms with E-state index in [1.54, 1.807) is 30.3 Å². The molecule has 4 rings (SSSR count). The Hall–Kier alpha value is -2.96. The third-order valence-corrected chi connectivity index (χ3v) is 6.34. The summed E-state index contributed by atoms with van der Waals surface area (Å²) in [6, 6.07) is 16.1. The van der Waals surface area contributed by atoms with Crippen molar-refractivity contribution in [2.45, 2.75) is 33.7 Å². The van der Waals surface area contributed by atoms with E-state index < -0.39 is 5.91 Å². The van der Waals surface area contributed by atoms with E-state index in [2.05, 4.69) is 32.2 Å². The Kier molecular flexibility index (Phi) is 5.93. The van der Waals surface area contributed by atoms with Gasteiger partial charge in [0.1, 0.15) is 0 Å². The topological polar surface area (TPSA) is 66.5 Å². The van der Waals surface area contributed by atoms with E-state index in [4.69, 9.17) is 11.6 Å². The molecule has 1 aromatic heterocycles. The van der Waals surface area contributed by atoms with E-state index in [1.807, 2.05) is 18.2 Å². The number of hydrogen-bond acceptors (Lipinski definition) is 4. The van der Waals surface area contributed by atoms with Gasteiger partial charge in [0.15, 0.2) is 0 Å². The Labute approximate surface area is 196 Å². The van der Waals surface area contributed by atoms with Crippen LogP contribution >= 0.6 is 22.9 Å². The lowest BCUT2D eigenvalue weighted by atomic mass is 9.88. The van der Waals surface area contributed by atoms with Crippen molar-refractivity contribution in [1.29, 1.82) is 0 Å². The molecule has 2 heterocycles. The predicted molar refractivity (Wildman–Crippen MR) is 128 cm³/mol. The fraction of sp³-hybridized carbons (Fsp3) is 0.240. The van der Waals surface area contributed by atoms with Gasteiger partial charge in [0.05, 0.1) is 32.6 Å². The first-order chi connectivity index (χ1) is 15.1. The molecule has 0 fully saturated rings. The number of imide groups is 1. The SMILES string of the molecule is CC(C)(C)Cc1cccc(CN2C(=O)c3cccc(NC(=O)c4ccc(Cl)s4)c3C2=O)c1. The first kappa shape index (κ1) is 22.2. The molecule has 0 aliphatic carbocycles. The number of nitrogens with zero attached hydrogens (tertiary/aromatic N) is 1. The third kappa shape index (κ3) is 4.61. The number of rotatable bonds is 5. The van der Waals surface area contributed by atoms with Crippen LogP contribution in [0.15, 0.2) is 54.6 Å². The highest BCUT2D eigenvalue weighted by Crippen LogP contribution is 2.32. The molecule has 1 aliphatic heterocycles. The summed E-state index contributed by atoms with van der Waals surface area (Å²) < 4.78 is 0.500. The van der Waals surface area contributed by atoms with Gasteiger partial charge in [-0.15, -0.1) is 11.3 Å². The summed E-state index contributed by atoms with van der Waals surface area (Å²) in [6.45, 7) is 6.69. The van der Waals surface area contributed by atoms with Crippen LogP contribution in [0.4, 0.5) is 5.69 Å². The molecule has 0 atom stereocenters. The number of anilines is 1. The van der Waals surface area contributed by atoms with Crippen LogP contribution in [-0.4, -0.2) is 22.6 Å². The summed E-state index contributed by atoms with van der Waals surface area (Å²) in [7, 11) is 0. The highest BCUT2D eigenvalue weighted by Gasteiger charge is 2.37. The molecule has 0 saturated heterocycles. The van der Waals surface area contributed by atoms with Gasteiger partial charge in [-0.2, -0.15) is 0 Å². The quantitative estimate of drug-likeness (QED) is 0.466. The maximum atomic E-state index is 13.2. The molecule has 3 aromatic rings. The number of carbonyl (C=O) groups is 3. The monoisotopic (exact) mass is 466 g/mol. The maximum absolute atomic E-state index is 13.2. The summed E-state index contributed by atoms with van der Waals surface area (Å²) in [5.74, 6) is -1.14. The second-order valence-electron chi connectivity index (χ2n) is 9.04. The zero-order valence-electron chi connectivity index (χ0n) is 18.1. The fourth-order valence-corrected chi connectivity index (χ4v) is 4.77. The molecule has 32 heavy (non-hydrogen) atoms. The zero-order chi connectivity index (χ0) is 23.0. The van der Waals surface area contributed by atoms with E-state index in [1.165, 1.54) is 4.90 Å². The second kappa shape index (κ2) is 8.52. The summed E-state index contributed by atoms with van der Waals surface area (Å²) in [5, 5.41) is 2.76. The molecule has 1 N–H and O–H groups in total. The van der Waals surface area contributed by atoms with Crippen molar-refractivity contribution < 1.29 is 14.4 Å². The van der Waals surface area contributed by atoms with Crippen LogP contribution in [0.1, 0.15) is 62.3 Å². The average Bonchev–Trinajstić information content (AvgIpc) is 3.25. The molecule has 164 valence electrons. The minimum atomic E-state index is -0.411. The van der Waals surface area contributed by atoms with Gasteiger partial charge in [-0.1, -0.05) is 62.7 Å². The molecule has 7 heteroatoms. The lowest BCUT2D eigenvalue weighted by Gasteiger charge is -2.19. The number of amides is 3. The summed E-state index contributed by atoms with van der Waals surface area (Å²) >= 11 is 7.07. The van der Waals surface area contributed by atoms with Crippen molar-refractivity contribution in [3.05, 3.63) is 86.1 Å². The average molecular weight is 467 g/mol. The molecule has 1 aliphatic rings. The van der Waals surface area contributed by atoms with Crippen LogP contribution in [0.2, 0.25) is 4.34 Å². The molecule has 0 bridgehead atoms. The van der Waals surface area contributed by atoms with Crippen LogP contribution in [0.25, 0.3) is 0 Å². The van der Waals surface area contributed by atoms with Crippen LogP contribution in [-0.2, 0) is 13.0 Å². The Morgan fingerprint density at radius 1 is 1.00 bits per heavy atom. The highest BCUT2D eigenvalue weighted by atomic mass is 35.5. The summed E-state index contributed by atoms with van der Waals surface area (Å²) in [4.78, 5) is 40.4. The fourth-order valence-electron chi connectivity index (χ4n) is 3.83. The Bertz CT molecular complexity index is 1230. The van der Waals surface area contributed by atoms with Crippen LogP contribution in [0, 0.1) is 5.41 Å². The molecule has 0 unspecified atom stereocenters. The number of nitrogens with one attached hydrogen (secondary N) is 1. The summed E-state index contributed by atoms with van der Waals surface area (Å²) in [5.41, 5.74) is 3.02. The number of benzene rings is 2. The van der Waals surface area contributed by atoms with Crippen molar-refractivity contribution in [2.24, 2.45) is 5.41 Å². The molecule has 5 nitrogen and oxygen atoms in total. The lowest BCUT2D eigenvalue weighted by Crippen LogP contribution is -2.29. The first-order valence-corrected chi connectivity index (χ1v) is 11.5. The van der Waals surface area contributed by atoms with E-state index in [0.717, 1.165) is 28.9 Å². The van der Waals surface area contributed by atoms with Gasteiger partial charge in [0.25, 0.3) is 17.7 Å². The predicted octanol–water partition coefficient (Wildman–Crippen LogP) is 6.04. The molecule has 3 amide bonds. The number of halogens is 1. The van der Waals surface area contributed by atoms with Crippen molar-refractivity contribution in [3.8, 4) is 0 Å². The minimum Gasteiger partial charge on any atom is -0.321 e. The van der Waals surface area contributed by atoms with Crippen molar-refractivity contribution in [2.75, 3.05) is 5.32 Å². The standard InChI is InChI=1S/C25H23ClN2O3S/c1-25(2,3)13-15-6-4-7-16(12-15)14-28-23(30)17-8-5-9-18(21(17)24(28)31)27-22(29)19-10-11-20(26)32-19/h4-12H,13-14H2,1-3H3,(H,27,29). The molecular weight excluding hydrogens is 444 g/mol. The molecule has 2 aromatic carbocycles. The van der Waals surface area contributed by atoms with E-state index in [9.17, 15) is 14.4 Å². The largest absolute Gasteiger partial charge is 0.321 e. The van der Waals surface area contributed by atoms with Crippen molar-refractivity contribution in [1.82, 2.24) is 4.90 Å². The molecule has 0 spiro atoms. The van der Waals surface area contributed by atoms with Gasteiger partial charge in [0.2, 0.25) is 0 Å². The second-order valence-corrected chi connectivity index (χ2v) is 10.8. The van der Waals surface area contributed by atoms with Gasteiger partial charge in [-0.25, -0.2) is 0 Å². The number of hydrogen-bond donors (Lipinski definition) is 1. The Balaban J connectivity index is 1.58. The van der Waals surface area contributed by atoms with E-state index in [-0.39, 0.29) is 29.3 Å². The Morgan fingerprint density at radius 2 is 1.72 bits per heavy atom.